The molecule has 1 atom stereocenters. The van der Waals surface area contributed by atoms with Crippen LogP contribution in [0.25, 0.3) is 0 Å². The second-order valence-electron chi connectivity index (χ2n) is 6.48. The highest BCUT2D eigenvalue weighted by Gasteiger charge is 2.28. The Morgan fingerprint density at radius 2 is 2.00 bits per heavy atom. The molecule has 1 aromatic rings. The number of aryl methyl sites for hydroxylation is 1. The second-order valence-corrected chi connectivity index (χ2v) is 6.48. The van der Waals surface area contributed by atoms with Gasteiger partial charge in [0.15, 0.2) is 0 Å². The van der Waals surface area contributed by atoms with Gasteiger partial charge < -0.3 is 5.11 Å². The lowest BCUT2D eigenvalue weighted by atomic mass is 9.85. The van der Waals surface area contributed by atoms with Gasteiger partial charge in [-0.2, -0.15) is 0 Å². The van der Waals surface area contributed by atoms with Crippen molar-refractivity contribution < 1.29 is 5.11 Å². The van der Waals surface area contributed by atoms with Crippen LogP contribution in [-0.2, 0) is 6.42 Å². The highest BCUT2D eigenvalue weighted by molar-refractivity contribution is 5.38. The first-order valence-corrected chi connectivity index (χ1v) is 7.56. The third kappa shape index (κ3) is 3.30. The Morgan fingerprint density at radius 3 is 2.63 bits per heavy atom. The van der Waals surface area contributed by atoms with Crippen LogP contribution in [0.1, 0.15) is 57.7 Å². The molecule has 0 bridgehead atoms. The standard InChI is InChI=1S/C17H27NO/c1-12(2)11-18(13(3)4)17-7-5-6-14-8-9-15(19)10-16(14)17/h8-10,12-13,17,19H,5-7,11H2,1-4H3. The number of fused-ring (bicyclic) bond motifs is 1. The molecule has 1 N–H and O–H groups in total. The molecule has 0 saturated heterocycles. The minimum absolute atomic E-state index is 0.402. The minimum atomic E-state index is 0.402. The number of phenols is 1. The van der Waals surface area contributed by atoms with Gasteiger partial charge >= 0.3 is 0 Å². The fraction of sp³-hybridized carbons (Fsp3) is 0.647. The Morgan fingerprint density at radius 1 is 1.26 bits per heavy atom. The number of rotatable bonds is 4. The first kappa shape index (κ1) is 14.4. The van der Waals surface area contributed by atoms with Crippen LogP contribution in [0.3, 0.4) is 0 Å². The van der Waals surface area contributed by atoms with Crippen molar-refractivity contribution in [3.8, 4) is 5.75 Å². The molecule has 1 aromatic carbocycles. The Bertz CT molecular complexity index is 425. The summed E-state index contributed by atoms with van der Waals surface area (Å²) < 4.78 is 0. The maximum Gasteiger partial charge on any atom is 0.115 e. The summed E-state index contributed by atoms with van der Waals surface area (Å²) in [7, 11) is 0. The third-order valence-corrected chi connectivity index (χ3v) is 4.05. The molecular weight excluding hydrogens is 234 g/mol. The average molecular weight is 261 g/mol. The summed E-state index contributed by atoms with van der Waals surface area (Å²) in [6, 6.07) is 6.92. The molecule has 0 radical (unpaired) electrons. The van der Waals surface area contributed by atoms with Crippen LogP contribution in [0.15, 0.2) is 18.2 Å². The first-order chi connectivity index (χ1) is 8.99. The summed E-state index contributed by atoms with van der Waals surface area (Å²) in [5.41, 5.74) is 2.77. The molecule has 1 aliphatic rings. The lowest BCUT2D eigenvalue weighted by molar-refractivity contribution is 0.121. The fourth-order valence-corrected chi connectivity index (χ4v) is 3.23. The zero-order chi connectivity index (χ0) is 14.0. The largest absolute Gasteiger partial charge is 0.508 e. The maximum absolute atomic E-state index is 9.79. The predicted octanol–water partition coefficient (Wildman–Crippen LogP) is 4.14. The van der Waals surface area contributed by atoms with Crippen LogP contribution < -0.4 is 0 Å². The number of nitrogens with zero attached hydrogens (tertiary/aromatic N) is 1. The topological polar surface area (TPSA) is 23.5 Å². The van der Waals surface area contributed by atoms with Crippen molar-refractivity contribution in [2.75, 3.05) is 6.54 Å². The molecule has 2 heteroatoms. The van der Waals surface area contributed by atoms with Crippen molar-refractivity contribution in [1.29, 1.82) is 0 Å². The van der Waals surface area contributed by atoms with Gasteiger partial charge in [0.2, 0.25) is 0 Å². The number of aromatic hydroxyl groups is 1. The number of hydrogen-bond donors (Lipinski definition) is 1. The van der Waals surface area contributed by atoms with Crippen molar-refractivity contribution in [3.63, 3.8) is 0 Å². The fourth-order valence-electron chi connectivity index (χ4n) is 3.23. The zero-order valence-corrected chi connectivity index (χ0v) is 12.7. The van der Waals surface area contributed by atoms with Crippen LogP contribution in [0.5, 0.6) is 5.75 Å². The minimum Gasteiger partial charge on any atom is -0.508 e. The second kappa shape index (κ2) is 5.96. The van der Waals surface area contributed by atoms with Crippen molar-refractivity contribution in [3.05, 3.63) is 29.3 Å². The molecule has 2 rings (SSSR count). The van der Waals surface area contributed by atoms with E-state index >= 15 is 0 Å². The van der Waals surface area contributed by atoms with Crippen LogP contribution in [-0.4, -0.2) is 22.6 Å². The van der Waals surface area contributed by atoms with E-state index in [0.717, 1.165) is 13.0 Å². The normalized spacial score (nSPS) is 19.2. The van der Waals surface area contributed by atoms with E-state index in [-0.39, 0.29) is 0 Å². The molecule has 0 amide bonds. The van der Waals surface area contributed by atoms with Crippen LogP contribution in [0.4, 0.5) is 0 Å². The molecule has 1 unspecified atom stereocenters. The third-order valence-electron chi connectivity index (χ3n) is 4.05. The van der Waals surface area contributed by atoms with Gasteiger partial charge in [-0.15, -0.1) is 0 Å². The average Bonchev–Trinajstić information content (AvgIpc) is 2.35. The van der Waals surface area contributed by atoms with Crippen LogP contribution in [0, 0.1) is 5.92 Å². The number of benzene rings is 1. The maximum atomic E-state index is 9.79. The first-order valence-electron chi connectivity index (χ1n) is 7.56. The Kier molecular flexibility index (Phi) is 4.51. The van der Waals surface area contributed by atoms with Crippen molar-refractivity contribution >= 4 is 0 Å². The van der Waals surface area contributed by atoms with E-state index in [1.54, 1.807) is 0 Å². The lowest BCUT2D eigenvalue weighted by Gasteiger charge is -2.39. The number of phenolic OH excluding ortho intramolecular Hbond substituents is 1. The van der Waals surface area contributed by atoms with Crippen LogP contribution >= 0.6 is 0 Å². The summed E-state index contributed by atoms with van der Waals surface area (Å²) in [6.45, 7) is 10.2. The smallest absolute Gasteiger partial charge is 0.115 e. The highest BCUT2D eigenvalue weighted by atomic mass is 16.3. The van der Waals surface area contributed by atoms with E-state index in [2.05, 4.69) is 38.7 Å². The van der Waals surface area contributed by atoms with Gasteiger partial charge in [-0.25, -0.2) is 0 Å². The SMILES string of the molecule is CC(C)CN(C(C)C)C1CCCc2ccc(O)cc21. The Labute approximate surface area is 117 Å². The molecule has 19 heavy (non-hydrogen) atoms. The quantitative estimate of drug-likeness (QED) is 0.880. The van der Waals surface area contributed by atoms with Gasteiger partial charge in [0.25, 0.3) is 0 Å². The van der Waals surface area contributed by atoms with Gasteiger partial charge in [0.05, 0.1) is 0 Å². The molecule has 0 heterocycles. The van der Waals surface area contributed by atoms with Gasteiger partial charge in [-0.3, -0.25) is 4.90 Å². The van der Waals surface area contributed by atoms with Crippen molar-refractivity contribution in [1.82, 2.24) is 4.90 Å². The van der Waals surface area contributed by atoms with E-state index in [1.807, 2.05) is 12.1 Å². The van der Waals surface area contributed by atoms with Gasteiger partial charge in [-0.1, -0.05) is 19.9 Å². The van der Waals surface area contributed by atoms with Crippen molar-refractivity contribution in [2.45, 2.75) is 59.0 Å². The Hall–Kier alpha value is -1.02. The van der Waals surface area contributed by atoms with Gasteiger partial charge in [0, 0.05) is 18.6 Å². The molecule has 1 aliphatic carbocycles. The molecule has 0 saturated carbocycles. The van der Waals surface area contributed by atoms with Gasteiger partial charge in [0.1, 0.15) is 5.75 Å². The molecular formula is C17H27NO. The Balaban J connectivity index is 2.32. The molecule has 0 spiro atoms. The van der Waals surface area contributed by atoms with E-state index in [4.69, 9.17) is 0 Å². The molecule has 106 valence electrons. The summed E-state index contributed by atoms with van der Waals surface area (Å²) in [4.78, 5) is 2.60. The van der Waals surface area contributed by atoms with E-state index < -0.39 is 0 Å². The molecule has 2 nitrogen and oxygen atoms in total. The molecule has 0 aliphatic heterocycles. The van der Waals surface area contributed by atoms with Gasteiger partial charge in [-0.05, 0) is 62.3 Å². The molecule has 0 aromatic heterocycles. The van der Waals surface area contributed by atoms with E-state index in [0.29, 0.717) is 23.8 Å². The summed E-state index contributed by atoms with van der Waals surface area (Å²) in [5, 5.41) is 9.79. The number of hydrogen-bond acceptors (Lipinski definition) is 2. The summed E-state index contributed by atoms with van der Waals surface area (Å²) >= 11 is 0. The monoisotopic (exact) mass is 261 g/mol. The van der Waals surface area contributed by atoms with E-state index in [1.165, 1.54) is 24.0 Å². The molecule has 0 fully saturated rings. The predicted molar refractivity (Wildman–Crippen MR) is 80.5 cm³/mol. The van der Waals surface area contributed by atoms with E-state index in [9.17, 15) is 5.11 Å². The van der Waals surface area contributed by atoms with Crippen molar-refractivity contribution in [2.24, 2.45) is 5.92 Å². The van der Waals surface area contributed by atoms with Crippen LogP contribution in [0.2, 0.25) is 0 Å². The lowest BCUT2D eigenvalue weighted by Crippen LogP contribution is -2.39. The zero-order valence-electron chi connectivity index (χ0n) is 12.7. The summed E-state index contributed by atoms with van der Waals surface area (Å²) in [5.74, 6) is 1.07. The highest BCUT2D eigenvalue weighted by Crippen LogP contribution is 2.37. The summed E-state index contributed by atoms with van der Waals surface area (Å²) in [6.07, 6.45) is 3.62.